The van der Waals surface area contributed by atoms with Crippen LogP contribution < -0.4 is 10.2 Å². The lowest BCUT2D eigenvalue weighted by atomic mass is 9.90. The smallest absolute Gasteiger partial charge is 0.132 e. The van der Waals surface area contributed by atoms with Crippen LogP contribution in [-0.4, -0.2) is 35.6 Å². The van der Waals surface area contributed by atoms with Crippen LogP contribution in [0.25, 0.3) is 0 Å². The van der Waals surface area contributed by atoms with Crippen molar-refractivity contribution in [3.63, 3.8) is 0 Å². The summed E-state index contributed by atoms with van der Waals surface area (Å²) in [5.74, 6) is 1.94. The minimum atomic E-state index is 0.285. The number of nitrogens with zero attached hydrogens (tertiary/aromatic N) is 3. The van der Waals surface area contributed by atoms with Gasteiger partial charge < -0.3 is 10.2 Å². The number of aromatic nitrogens is 2. The molecule has 2 rings (SSSR count). The van der Waals surface area contributed by atoms with Crippen molar-refractivity contribution >= 4 is 5.82 Å². The third-order valence-corrected chi connectivity index (χ3v) is 3.75. The first-order chi connectivity index (χ1) is 8.02. The number of aryl methyl sites for hydroxylation is 2. The van der Waals surface area contributed by atoms with Gasteiger partial charge in [0.2, 0.25) is 0 Å². The van der Waals surface area contributed by atoms with Crippen LogP contribution in [0.5, 0.6) is 0 Å². The van der Waals surface area contributed by atoms with E-state index < -0.39 is 0 Å². The highest BCUT2D eigenvalue weighted by atomic mass is 15.2. The second kappa shape index (κ2) is 4.61. The van der Waals surface area contributed by atoms with Gasteiger partial charge in [0.15, 0.2) is 0 Å². The molecular weight excluding hydrogens is 212 g/mol. The number of piperidine rings is 1. The standard InChI is InChI=1S/C13H22N4/c1-10-9-12(16-11(2)15-10)17-7-5-13(3,14-4)6-8-17/h9,14H,5-8H2,1-4H3. The zero-order valence-electron chi connectivity index (χ0n) is 11.2. The SMILES string of the molecule is CNC1(C)CCN(c2cc(C)nc(C)n2)CC1. The summed E-state index contributed by atoms with van der Waals surface area (Å²) >= 11 is 0. The molecule has 1 saturated heterocycles. The van der Waals surface area contributed by atoms with Crippen molar-refractivity contribution in [1.82, 2.24) is 15.3 Å². The van der Waals surface area contributed by atoms with Crippen LogP contribution in [0.15, 0.2) is 6.07 Å². The highest BCUT2D eigenvalue weighted by molar-refractivity contribution is 5.40. The van der Waals surface area contributed by atoms with Crippen LogP contribution in [-0.2, 0) is 0 Å². The molecule has 0 bridgehead atoms. The summed E-state index contributed by atoms with van der Waals surface area (Å²) in [5.41, 5.74) is 1.34. The van der Waals surface area contributed by atoms with Gasteiger partial charge in [0.25, 0.3) is 0 Å². The van der Waals surface area contributed by atoms with Crippen molar-refractivity contribution in [2.75, 3.05) is 25.0 Å². The lowest BCUT2D eigenvalue weighted by Gasteiger charge is -2.39. The summed E-state index contributed by atoms with van der Waals surface area (Å²) in [6, 6.07) is 2.08. The third kappa shape index (κ3) is 2.75. The van der Waals surface area contributed by atoms with Crippen molar-refractivity contribution in [2.45, 2.75) is 39.2 Å². The Morgan fingerprint density at radius 1 is 1.24 bits per heavy atom. The molecule has 0 unspecified atom stereocenters. The predicted molar refractivity (Wildman–Crippen MR) is 70.4 cm³/mol. The minimum absolute atomic E-state index is 0.285. The monoisotopic (exact) mass is 234 g/mol. The van der Waals surface area contributed by atoms with Crippen LogP contribution in [0.4, 0.5) is 5.82 Å². The molecule has 17 heavy (non-hydrogen) atoms. The van der Waals surface area contributed by atoms with E-state index >= 15 is 0 Å². The molecule has 0 aliphatic carbocycles. The number of rotatable bonds is 2. The van der Waals surface area contributed by atoms with Gasteiger partial charge in [0, 0.05) is 30.4 Å². The van der Waals surface area contributed by atoms with Crippen LogP contribution in [0.2, 0.25) is 0 Å². The molecule has 1 fully saturated rings. The number of hydrogen-bond acceptors (Lipinski definition) is 4. The molecule has 0 atom stereocenters. The Kier molecular flexibility index (Phi) is 3.33. The van der Waals surface area contributed by atoms with Crippen LogP contribution in [0.3, 0.4) is 0 Å². The van der Waals surface area contributed by atoms with Crippen molar-refractivity contribution < 1.29 is 0 Å². The molecule has 4 heteroatoms. The van der Waals surface area contributed by atoms with E-state index in [-0.39, 0.29) is 5.54 Å². The van der Waals surface area contributed by atoms with Gasteiger partial charge in [-0.15, -0.1) is 0 Å². The van der Waals surface area contributed by atoms with E-state index in [0.717, 1.165) is 43.3 Å². The average molecular weight is 234 g/mol. The summed E-state index contributed by atoms with van der Waals surface area (Å²) in [6.07, 6.45) is 2.32. The first-order valence-electron chi connectivity index (χ1n) is 6.28. The number of nitrogens with one attached hydrogen (secondary N) is 1. The van der Waals surface area contributed by atoms with Gasteiger partial charge in [-0.3, -0.25) is 0 Å². The highest BCUT2D eigenvalue weighted by Crippen LogP contribution is 2.24. The molecule has 0 radical (unpaired) electrons. The lowest BCUT2D eigenvalue weighted by Crippen LogP contribution is -2.50. The number of anilines is 1. The van der Waals surface area contributed by atoms with E-state index in [4.69, 9.17) is 0 Å². The van der Waals surface area contributed by atoms with Crippen molar-refractivity contribution in [2.24, 2.45) is 0 Å². The number of hydrogen-bond donors (Lipinski definition) is 1. The Labute approximate surface area is 103 Å². The molecule has 1 aliphatic heterocycles. The second-order valence-electron chi connectivity index (χ2n) is 5.21. The summed E-state index contributed by atoms with van der Waals surface area (Å²) in [6.45, 7) is 8.40. The normalized spacial score (nSPS) is 19.4. The molecule has 1 aliphatic rings. The quantitative estimate of drug-likeness (QED) is 0.845. The molecule has 1 aromatic heterocycles. The first kappa shape index (κ1) is 12.3. The van der Waals surface area contributed by atoms with Crippen LogP contribution in [0, 0.1) is 13.8 Å². The van der Waals surface area contributed by atoms with Gasteiger partial charge >= 0.3 is 0 Å². The lowest BCUT2D eigenvalue weighted by molar-refractivity contribution is 0.304. The van der Waals surface area contributed by atoms with E-state index in [1.807, 2.05) is 13.8 Å². The molecule has 0 aromatic carbocycles. The van der Waals surface area contributed by atoms with Gasteiger partial charge in [-0.2, -0.15) is 0 Å². The molecule has 2 heterocycles. The molecule has 0 spiro atoms. The molecule has 0 saturated carbocycles. The fourth-order valence-electron chi connectivity index (χ4n) is 2.34. The minimum Gasteiger partial charge on any atom is -0.356 e. The zero-order chi connectivity index (χ0) is 12.5. The molecule has 4 nitrogen and oxygen atoms in total. The maximum Gasteiger partial charge on any atom is 0.132 e. The van der Waals surface area contributed by atoms with Crippen LogP contribution >= 0.6 is 0 Å². The summed E-state index contributed by atoms with van der Waals surface area (Å²) in [7, 11) is 2.05. The Balaban J connectivity index is 2.10. The van der Waals surface area contributed by atoms with Gasteiger partial charge in [-0.1, -0.05) is 0 Å². The van der Waals surface area contributed by atoms with Gasteiger partial charge in [-0.25, -0.2) is 9.97 Å². The third-order valence-electron chi connectivity index (χ3n) is 3.75. The van der Waals surface area contributed by atoms with Crippen molar-refractivity contribution in [3.8, 4) is 0 Å². The molecule has 94 valence electrons. The summed E-state index contributed by atoms with van der Waals surface area (Å²) in [4.78, 5) is 11.2. The summed E-state index contributed by atoms with van der Waals surface area (Å²) in [5, 5.41) is 3.42. The molecule has 1 aromatic rings. The molecule has 1 N–H and O–H groups in total. The Morgan fingerprint density at radius 2 is 1.88 bits per heavy atom. The summed E-state index contributed by atoms with van der Waals surface area (Å²) < 4.78 is 0. The largest absolute Gasteiger partial charge is 0.356 e. The molecular formula is C13H22N4. The topological polar surface area (TPSA) is 41.0 Å². The molecule has 0 amide bonds. The van der Waals surface area contributed by atoms with E-state index in [2.05, 4.69) is 40.2 Å². The fraction of sp³-hybridized carbons (Fsp3) is 0.692. The van der Waals surface area contributed by atoms with E-state index in [1.54, 1.807) is 0 Å². The zero-order valence-corrected chi connectivity index (χ0v) is 11.2. The predicted octanol–water partition coefficient (Wildman–Crippen LogP) is 1.67. The Morgan fingerprint density at radius 3 is 2.41 bits per heavy atom. The van der Waals surface area contributed by atoms with Gasteiger partial charge in [-0.05, 0) is 40.7 Å². The fourth-order valence-corrected chi connectivity index (χ4v) is 2.34. The average Bonchev–Trinajstić information content (AvgIpc) is 2.29. The van der Waals surface area contributed by atoms with Gasteiger partial charge in [0.05, 0.1) is 0 Å². The Bertz CT molecular complexity index is 374. The van der Waals surface area contributed by atoms with Crippen molar-refractivity contribution in [1.29, 1.82) is 0 Å². The van der Waals surface area contributed by atoms with Crippen LogP contribution in [0.1, 0.15) is 31.3 Å². The van der Waals surface area contributed by atoms with E-state index in [0.29, 0.717) is 0 Å². The van der Waals surface area contributed by atoms with Crippen molar-refractivity contribution in [3.05, 3.63) is 17.6 Å². The first-order valence-corrected chi connectivity index (χ1v) is 6.28. The van der Waals surface area contributed by atoms with Gasteiger partial charge in [0.1, 0.15) is 11.6 Å². The second-order valence-corrected chi connectivity index (χ2v) is 5.21. The maximum atomic E-state index is 4.53. The highest BCUT2D eigenvalue weighted by Gasteiger charge is 2.28. The van der Waals surface area contributed by atoms with E-state index in [1.165, 1.54) is 0 Å². The Hall–Kier alpha value is -1.16. The van der Waals surface area contributed by atoms with E-state index in [9.17, 15) is 0 Å². The maximum absolute atomic E-state index is 4.53.